The van der Waals surface area contributed by atoms with E-state index < -0.39 is 18.1 Å². The summed E-state index contributed by atoms with van der Waals surface area (Å²) >= 11 is 11.7. The quantitative estimate of drug-likeness (QED) is 0.834. The van der Waals surface area contributed by atoms with Gasteiger partial charge in [0.15, 0.2) is 6.17 Å². The summed E-state index contributed by atoms with van der Waals surface area (Å²) < 4.78 is 0. The van der Waals surface area contributed by atoms with Crippen LogP contribution in [0.2, 0.25) is 10.0 Å². The Hall–Kier alpha value is -1.79. The van der Waals surface area contributed by atoms with Gasteiger partial charge >= 0.3 is 6.03 Å². The maximum absolute atomic E-state index is 12.2. The third-order valence-corrected chi connectivity index (χ3v) is 3.29. The number of benzene rings is 1. The van der Waals surface area contributed by atoms with Crippen LogP contribution in [-0.4, -0.2) is 24.0 Å². The van der Waals surface area contributed by atoms with Gasteiger partial charge in [-0.2, -0.15) is 0 Å². The second-order valence-electron chi connectivity index (χ2n) is 4.85. The third-order valence-electron chi connectivity index (χ3n) is 2.85. The largest absolute Gasteiger partial charge is 0.330 e. The number of anilines is 1. The number of amides is 4. The molecule has 6 nitrogen and oxygen atoms in total. The molecule has 0 spiro atoms. The molecule has 0 aromatic heterocycles. The van der Waals surface area contributed by atoms with Gasteiger partial charge in [0.25, 0.3) is 5.91 Å². The zero-order chi connectivity index (χ0) is 15.7. The molecule has 2 N–H and O–H groups in total. The van der Waals surface area contributed by atoms with Crippen molar-refractivity contribution in [2.24, 2.45) is 5.92 Å². The molecular weight excluding hydrogens is 317 g/mol. The van der Waals surface area contributed by atoms with E-state index in [1.165, 1.54) is 18.2 Å². The van der Waals surface area contributed by atoms with Crippen LogP contribution in [0.4, 0.5) is 10.5 Å². The van der Waals surface area contributed by atoms with E-state index in [1.807, 2.05) is 0 Å². The molecule has 1 atom stereocenters. The molecule has 8 heteroatoms. The highest BCUT2D eigenvalue weighted by atomic mass is 35.5. The lowest BCUT2D eigenvalue weighted by Crippen LogP contribution is -2.48. The lowest BCUT2D eigenvalue weighted by Gasteiger charge is -2.15. The predicted octanol–water partition coefficient (Wildman–Crippen LogP) is 2.15. The number of carbonyl (C=O) groups excluding carboxylic acids is 3. The molecule has 112 valence electrons. The minimum Gasteiger partial charge on any atom is -0.328 e. The van der Waals surface area contributed by atoms with Crippen molar-refractivity contribution in [2.75, 3.05) is 4.90 Å². The van der Waals surface area contributed by atoms with Gasteiger partial charge < -0.3 is 10.6 Å². The van der Waals surface area contributed by atoms with Crippen LogP contribution in [0.5, 0.6) is 0 Å². The standard InChI is InChI=1S/C13H13Cl2N3O3/c1-6(2)11(19)16-10-12(20)18(13(21)17-10)9-4-7(14)3-8(15)5-9/h3-6,10H,1-2H3,(H,16,19)(H,17,21)/t10-/m0/s1. The van der Waals surface area contributed by atoms with E-state index >= 15 is 0 Å². The molecule has 1 heterocycles. The highest BCUT2D eigenvalue weighted by Crippen LogP contribution is 2.27. The first kappa shape index (κ1) is 15.6. The van der Waals surface area contributed by atoms with Gasteiger partial charge in [-0.25, -0.2) is 9.69 Å². The minimum absolute atomic E-state index is 0.247. The minimum atomic E-state index is -1.09. The van der Waals surface area contributed by atoms with Crippen LogP contribution in [-0.2, 0) is 9.59 Å². The van der Waals surface area contributed by atoms with E-state index in [0.29, 0.717) is 10.0 Å². The van der Waals surface area contributed by atoms with E-state index in [-0.39, 0.29) is 17.5 Å². The number of urea groups is 1. The smallest absolute Gasteiger partial charge is 0.328 e. The van der Waals surface area contributed by atoms with Gasteiger partial charge in [-0.1, -0.05) is 37.0 Å². The summed E-state index contributed by atoms with van der Waals surface area (Å²) in [6, 6.07) is 3.73. The molecule has 1 aromatic carbocycles. The van der Waals surface area contributed by atoms with Gasteiger partial charge in [-0.15, -0.1) is 0 Å². The zero-order valence-corrected chi connectivity index (χ0v) is 12.8. The fraction of sp³-hybridized carbons (Fsp3) is 0.308. The molecule has 0 unspecified atom stereocenters. The fourth-order valence-electron chi connectivity index (χ4n) is 1.80. The summed E-state index contributed by atoms with van der Waals surface area (Å²) in [4.78, 5) is 36.7. The van der Waals surface area contributed by atoms with Crippen molar-refractivity contribution < 1.29 is 14.4 Å². The van der Waals surface area contributed by atoms with Crippen LogP contribution in [0, 0.1) is 5.92 Å². The summed E-state index contributed by atoms with van der Waals surface area (Å²) in [6.07, 6.45) is -1.09. The van der Waals surface area contributed by atoms with Gasteiger partial charge in [0.1, 0.15) is 0 Å². The van der Waals surface area contributed by atoms with E-state index in [4.69, 9.17) is 23.2 Å². The van der Waals surface area contributed by atoms with Gasteiger partial charge in [-0.3, -0.25) is 9.59 Å². The average Bonchev–Trinajstić information content (AvgIpc) is 2.63. The van der Waals surface area contributed by atoms with E-state index in [2.05, 4.69) is 10.6 Å². The number of hydrogen-bond donors (Lipinski definition) is 2. The van der Waals surface area contributed by atoms with Crippen LogP contribution < -0.4 is 15.5 Å². The molecule has 0 bridgehead atoms. The van der Waals surface area contributed by atoms with Crippen molar-refractivity contribution in [2.45, 2.75) is 20.0 Å². The lowest BCUT2D eigenvalue weighted by atomic mass is 10.2. The number of rotatable bonds is 3. The molecule has 1 aromatic rings. The number of halogens is 2. The van der Waals surface area contributed by atoms with Gasteiger partial charge in [0.2, 0.25) is 5.91 Å². The number of nitrogens with zero attached hydrogens (tertiary/aromatic N) is 1. The highest BCUT2D eigenvalue weighted by Gasteiger charge is 2.40. The van der Waals surface area contributed by atoms with Crippen molar-refractivity contribution in [3.63, 3.8) is 0 Å². The maximum atomic E-state index is 12.2. The first-order valence-electron chi connectivity index (χ1n) is 6.20. The van der Waals surface area contributed by atoms with Crippen molar-refractivity contribution >= 4 is 46.7 Å². The van der Waals surface area contributed by atoms with Gasteiger partial charge in [-0.05, 0) is 18.2 Å². The Balaban J connectivity index is 2.24. The first-order valence-corrected chi connectivity index (χ1v) is 6.96. The number of nitrogens with one attached hydrogen (secondary N) is 2. The Morgan fingerprint density at radius 1 is 1.24 bits per heavy atom. The van der Waals surface area contributed by atoms with Crippen LogP contribution in [0.3, 0.4) is 0 Å². The third kappa shape index (κ3) is 3.28. The number of carbonyl (C=O) groups is 3. The molecule has 1 aliphatic heterocycles. The normalized spacial score (nSPS) is 18.1. The molecule has 0 saturated carbocycles. The molecule has 1 saturated heterocycles. The first-order chi connectivity index (χ1) is 9.79. The topological polar surface area (TPSA) is 78.5 Å². The van der Waals surface area contributed by atoms with E-state index in [1.54, 1.807) is 13.8 Å². The van der Waals surface area contributed by atoms with Crippen molar-refractivity contribution in [3.05, 3.63) is 28.2 Å². The van der Waals surface area contributed by atoms with Crippen molar-refractivity contribution in [1.82, 2.24) is 10.6 Å². The molecule has 0 radical (unpaired) electrons. The Morgan fingerprint density at radius 2 is 1.81 bits per heavy atom. The van der Waals surface area contributed by atoms with Gasteiger partial charge in [0, 0.05) is 16.0 Å². The van der Waals surface area contributed by atoms with Gasteiger partial charge in [0.05, 0.1) is 5.69 Å². The van der Waals surface area contributed by atoms with E-state index in [0.717, 1.165) is 4.90 Å². The lowest BCUT2D eigenvalue weighted by molar-refractivity contribution is -0.128. The number of hydrogen-bond acceptors (Lipinski definition) is 3. The van der Waals surface area contributed by atoms with Crippen LogP contribution >= 0.6 is 23.2 Å². The fourth-order valence-corrected chi connectivity index (χ4v) is 2.31. The molecule has 4 amide bonds. The van der Waals surface area contributed by atoms with Crippen molar-refractivity contribution in [3.8, 4) is 0 Å². The highest BCUT2D eigenvalue weighted by molar-refractivity contribution is 6.35. The summed E-state index contributed by atoms with van der Waals surface area (Å²) in [5.74, 6) is -1.23. The average molecular weight is 330 g/mol. The Bertz CT molecular complexity index is 598. The van der Waals surface area contributed by atoms with Crippen LogP contribution in [0.15, 0.2) is 18.2 Å². The molecule has 1 aliphatic rings. The maximum Gasteiger partial charge on any atom is 0.330 e. The second-order valence-corrected chi connectivity index (χ2v) is 5.72. The van der Waals surface area contributed by atoms with Crippen molar-refractivity contribution in [1.29, 1.82) is 0 Å². The zero-order valence-electron chi connectivity index (χ0n) is 11.3. The Labute approximate surface area is 131 Å². The molecule has 2 rings (SSSR count). The second kappa shape index (κ2) is 5.91. The monoisotopic (exact) mass is 329 g/mol. The predicted molar refractivity (Wildman–Crippen MR) is 79.2 cm³/mol. The van der Waals surface area contributed by atoms with Crippen LogP contribution in [0.1, 0.15) is 13.8 Å². The number of imide groups is 1. The SMILES string of the molecule is CC(C)C(=O)N[C@H]1NC(=O)N(c2cc(Cl)cc(Cl)c2)C1=O. The molecular formula is C13H13Cl2N3O3. The molecule has 1 fully saturated rings. The summed E-state index contributed by atoms with van der Waals surface area (Å²) in [6.45, 7) is 3.37. The molecule has 0 aliphatic carbocycles. The summed E-state index contributed by atoms with van der Waals surface area (Å²) in [7, 11) is 0. The summed E-state index contributed by atoms with van der Waals surface area (Å²) in [5, 5.41) is 5.45. The Morgan fingerprint density at radius 3 is 2.33 bits per heavy atom. The van der Waals surface area contributed by atoms with Crippen LogP contribution in [0.25, 0.3) is 0 Å². The summed E-state index contributed by atoms with van der Waals surface area (Å²) in [5.41, 5.74) is 0.247. The Kier molecular flexibility index (Phi) is 4.39. The molecule has 21 heavy (non-hydrogen) atoms. The van der Waals surface area contributed by atoms with E-state index in [9.17, 15) is 14.4 Å².